The number of nitrogens with one attached hydrogen (secondary N) is 2. The van der Waals surface area contributed by atoms with Gasteiger partial charge in [0.1, 0.15) is 5.82 Å². The van der Waals surface area contributed by atoms with E-state index in [0.29, 0.717) is 18.4 Å². The fraction of sp³-hybridized carbons (Fsp3) is 0.733. The fourth-order valence-electron chi connectivity index (χ4n) is 1.76. The van der Waals surface area contributed by atoms with Gasteiger partial charge < -0.3 is 15.4 Å². The summed E-state index contributed by atoms with van der Waals surface area (Å²) in [6.07, 6.45) is 1.88. The summed E-state index contributed by atoms with van der Waals surface area (Å²) in [7, 11) is 1.70. The summed E-state index contributed by atoms with van der Waals surface area (Å²) in [4.78, 5) is 9.09. The van der Waals surface area contributed by atoms with Crippen LogP contribution in [0.1, 0.15) is 45.1 Å². The largest absolute Gasteiger partial charge is 0.383 e. The van der Waals surface area contributed by atoms with Crippen LogP contribution in [-0.2, 0) is 11.3 Å². The molecule has 0 aliphatic rings. The molecule has 0 spiro atoms. The van der Waals surface area contributed by atoms with Gasteiger partial charge in [-0.15, -0.1) is 0 Å². The smallest absolute Gasteiger partial charge is 0.131 e. The van der Waals surface area contributed by atoms with E-state index in [1.54, 1.807) is 7.11 Å². The van der Waals surface area contributed by atoms with Crippen molar-refractivity contribution in [3.05, 3.63) is 17.7 Å². The average molecular weight is 280 g/mol. The Kier molecular flexibility index (Phi) is 7.47. The molecule has 0 bridgehead atoms. The Labute approximate surface area is 122 Å². The molecule has 1 heterocycles. The lowest BCUT2D eigenvalue weighted by molar-refractivity contribution is 0.210. The minimum Gasteiger partial charge on any atom is -0.383 e. The number of ether oxygens (including phenoxy) is 1. The maximum Gasteiger partial charge on any atom is 0.131 e. The maximum atomic E-state index is 5.06. The second-order valence-corrected chi connectivity index (χ2v) is 5.69. The summed E-state index contributed by atoms with van der Waals surface area (Å²) in [6.45, 7) is 11.8. The molecule has 20 heavy (non-hydrogen) atoms. The van der Waals surface area contributed by atoms with Crippen LogP contribution in [0, 0.1) is 5.92 Å². The molecule has 114 valence electrons. The SMILES string of the molecule is COCCNc1cnc(C(C)C)nc1CNCC(C)C. The van der Waals surface area contributed by atoms with Crippen LogP contribution in [0.5, 0.6) is 0 Å². The van der Waals surface area contributed by atoms with E-state index in [4.69, 9.17) is 4.74 Å². The van der Waals surface area contributed by atoms with Gasteiger partial charge in [-0.1, -0.05) is 27.7 Å². The van der Waals surface area contributed by atoms with Gasteiger partial charge in [-0.05, 0) is 12.5 Å². The highest BCUT2D eigenvalue weighted by molar-refractivity contribution is 5.46. The predicted octanol–water partition coefficient (Wildman–Crippen LogP) is 2.40. The number of anilines is 1. The molecular weight excluding hydrogens is 252 g/mol. The summed E-state index contributed by atoms with van der Waals surface area (Å²) in [6, 6.07) is 0. The van der Waals surface area contributed by atoms with Gasteiger partial charge in [0.25, 0.3) is 0 Å². The maximum absolute atomic E-state index is 5.06. The van der Waals surface area contributed by atoms with Crippen molar-refractivity contribution in [1.29, 1.82) is 0 Å². The highest BCUT2D eigenvalue weighted by Crippen LogP contribution is 2.16. The van der Waals surface area contributed by atoms with Gasteiger partial charge in [0.05, 0.1) is 24.2 Å². The second-order valence-electron chi connectivity index (χ2n) is 5.69. The molecule has 0 fully saturated rings. The van der Waals surface area contributed by atoms with Gasteiger partial charge in [0, 0.05) is 26.1 Å². The van der Waals surface area contributed by atoms with Crippen LogP contribution in [0.25, 0.3) is 0 Å². The summed E-state index contributed by atoms with van der Waals surface area (Å²) in [5, 5.41) is 6.77. The molecule has 0 aliphatic carbocycles. The average Bonchev–Trinajstić information content (AvgIpc) is 2.39. The molecule has 0 unspecified atom stereocenters. The first-order valence-corrected chi connectivity index (χ1v) is 7.34. The summed E-state index contributed by atoms with van der Waals surface area (Å²) in [5.41, 5.74) is 2.02. The molecule has 1 rings (SSSR count). The van der Waals surface area contributed by atoms with E-state index in [9.17, 15) is 0 Å². The van der Waals surface area contributed by atoms with E-state index in [-0.39, 0.29) is 0 Å². The molecule has 0 saturated carbocycles. The van der Waals surface area contributed by atoms with Crippen molar-refractivity contribution in [2.75, 3.05) is 32.1 Å². The third-order valence-corrected chi connectivity index (χ3v) is 2.87. The van der Waals surface area contributed by atoms with Crippen LogP contribution in [0.2, 0.25) is 0 Å². The fourth-order valence-corrected chi connectivity index (χ4v) is 1.76. The second kappa shape index (κ2) is 8.87. The highest BCUT2D eigenvalue weighted by Gasteiger charge is 2.09. The number of hydrogen-bond acceptors (Lipinski definition) is 5. The van der Waals surface area contributed by atoms with Crippen molar-refractivity contribution in [1.82, 2.24) is 15.3 Å². The van der Waals surface area contributed by atoms with E-state index in [0.717, 1.165) is 36.8 Å². The Morgan fingerprint density at radius 3 is 2.60 bits per heavy atom. The number of hydrogen-bond donors (Lipinski definition) is 2. The molecule has 0 radical (unpaired) electrons. The van der Waals surface area contributed by atoms with Crippen molar-refractivity contribution in [2.45, 2.75) is 40.2 Å². The van der Waals surface area contributed by atoms with Crippen molar-refractivity contribution in [3.63, 3.8) is 0 Å². The van der Waals surface area contributed by atoms with Crippen molar-refractivity contribution < 1.29 is 4.74 Å². The zero-order chi connectivity index (χ0) is 15.0. The van der Waals surface area contributed by atoms with Crippen LogP contribution in [0.4, 0.5) is 5.69 Å². The van der Waals surface area contributed by atoms with Gasteiger partial charge in [-0.2, -0.15) is 0 Å². The first-order chi connectivity index (χ1) is 9.54. The third kappa shape index (κ3) is 5.84. The van der Waals surface area contributed by atoms with Gasteiger partial charge in [-0.3, -0.25) is 0 Å². The third-order valence-electron chi connectivity index (χ3n) is 2.87. The molecule has 1 aromatic rings. The van der Waals surface area contributed by atoms with Crippen molar-refractivity contribution in [2.24, 2.45) is 5.92 Å². The molecule has 1 aromatic heterocycles. The van der Waals surface area contributed by atoms with Crippen LogP contribution in [0.3, 0.4) is 0 Å². The molecule has 0 saturated heterocycles. The van der Waals surface area contributed by atoms with E-state index in [1.807, 2.05) is 6.20 Å². The molecule has 5 nitrogen and oxygen atoms in total. The number of aromatic nitrogens is 2. The number of methoxy groups -OCH3 is 1. The monoisotopic (exact) mass is 280 g/mol. The molecular formula is C15H28N4O. The minimum atomic E-state index is 0.340. The molecule has 0 aliphatic heterocycles. The molecule has 5 heteroatoms. The van der Waals surface area contributed by atoms with Crippen LogP contribution < -0.4 is 10.6 Å². The summed E-state index contributed by atoms with van der Waals surface area (Å²) in [5.74, 6) is 1.86. The normalized spacial score (nSPS) is 11.3. The summed E-state index contributed by atoms with van der Waals surface area (Å²) >= 11 is 0. The van der Waals surface area contributed by atoms with Crippen molar-refractivity contribution in [3.8, 4) is 0 Å². The molecule has 0 atom stereocenters. The number of nitrogens with zero attached hydrogens (tertiary/aromatic N) is 2. The zero-order valence-electron chi connectivity index (χ0n) is 13.4. The molecule has 0 aromatic carbocycles. The van der Waals surface area contributed by atoms with Gasteiger partial charge in [0.15, 0.2) is 0 Å². The zero-order valence-corrected chi connectivity index (χ0v) is 13.4. The van der Waals surface area contributed by atoms with Gasteiger partial charge >= 0.3 is 0 Å². The quantitative estimate of drug-likeness (QED) is 0.680. The Morgan fingerprint density at radius 2 is 2.00 bits per heavy atom. The Morgan fingerprint density at radius 1 is 1.25 bits per heavy atom. The topological polar surface area (TPSA) is 59.1 Å². The Bertz CT molecular complexity index is 393. The minimum absolute atomic E-state index is 0.340. The van der Waals surface area contributed by atoms with Gasteiger partial charge in [-0.25, -0.2) is 9.97 Å². The lowest BCUT2D eigenvalue weighted by Crippen LogP contribution is -2.22. The highest BCUT2D eigenvalue weighted by atomic mass is 16.5. The van der Waals surface area contributed by atoms with E-state index >= 15 is 0 Å². The Balaban J connectivity index is 2.74. The Hall–Kier alpha value is -1.20. The van der Waals surface area contributed by atoms with Crippen LogP contribution in [0.15, 0.2) is 6.20 Å². The number of rotatable bonds is 9. The first kappa shape index (κ1) is 16.9. The van der Waals surface area contributed by atoms with Gasteiger partial charge in [0.2, 0.25) is 0 Å². The van der Waals surface area contributed by atoms with Crippen LogP contribution >= 0.6 is 0 Å². The lowest BCUT2D eigenvalue weighted by atomic mass is 10.2. The lowest BCUT2D eigenvalue weighted by Gasteiger charge is -2.14. The van der Waals surface area contributed by atoms with Crippen LogP contribution in [-0.4, -0.2) is 36.8 Å². The van der Waals surface area contributed by atoms with E-state index in [1.165, 1.54) is 0 Å². The summed E-state index contributed by atoms with van der Waals surface area (Å²) < 4.78 is 5.06. The predicted molar refractivity (Wildman–Crippen MR) is 83.0 cm³/mol. The van der Waals surface area contributed by atoms with E-state index < -0.39 is 0 Å². The standard InChI is InChI=1S/C15H28N4O/c1-11(2)8-16-9-14-13(17-6-7-20-5)10-18-15(19-14)12(3)4/h10-12,16-17H,6-9H2,1-5H3. The van der Waals surface area contributed by atoms with Crippen molar-refractivity contribution >= 4 is 5.69 Å². The van der Waals surface area contributed by atoms with E-state index in [2.05, 4.69) is 48.3 Å². The first-order valence-electron chi connectivity index (χ1n) is 7.34. The molecule has 2 N–H and O–H groups in total. The molecule has 0 amide bonds.